The largest absolute Gasteiger partial charge is 0.352 e. The Balaban J connectivity index is 1.49. The standard InChI is InChI=1S/C19H28BrN3O3S/c1-15-4-2-3-5-18(15)21-19(24)14-22-10-12-23(13-11-22)27(25,26)17-8-6-16(20)7-9-17/h6-9,15,18H,2-5,10-14H2,1H3,(H,21,24)/t15-,18-/m0/s1. The van der Waals surface area contributed by atoms with E-state index < -0.39 is 10.0 Å². The lowest BCUT2D eigenvalue weighted by molar-refractivity contribution is -0.123. The number of rotatable bonds is 5. The van der Waals surface area contributed by atoms with Crippen LogP contribution < -0.4 is 5.32 Å². The van der Waals surface area contributed by atoms with Gasteiger partial charge in [0.05, 0.1) is 11.4 Å². The van der Waals surface area contributed by atoms with Gasteiger partial charge in [-0.2, -0.15) is 4.31 Å². The van der Waals surface area contributed by atoms with E-state index in [0.29, 0.717) is 43.5 Å². The molecule has 0 aromatic heterocycles. The van der Waals surface area contributed by atoms with Crippen molar-refractivity contribution in [2.24, 2.45) is 5.92 Å². The number of carbonyl (C=O) groups excluding carboxylic acids is 1. The number of sulfonamides is 1. The Morgan fingerprint density at radius 2 is 1.74 bits per heavy atom. The monoisotopic (exact) mass is 457 g/mol. The van der Waals surface area contributed by atoms with Crippen molar-refractivity contribution in [1.82, 2.24) is 14.5 Å². The first-order chi connectivity index (χ1) is 12.9. The lowest BCUT2D eigenvalue weighted by Crippen LogP contribution is -2.52. The fourth-order valence-corrected chi connectivity index (χ4v) is 5.56. The first-order valence-electron chi connectivity index (χ1n) is 9.64. The second kappa shape index (κ2) is 9.03. The molecule has 27 heavy (non-hydrogen) atoms. The van der Waals surface area contributed by atoms with Crippen molar-refractivity contribution in [2.75, 3.05) is 32.7 Å². The number of benzene rings is 1. The first-order valence-corrected chi connectivity index (χ1v) is 11.9. The number of nitrogens with zero attached hydrogens (tertiary/aromatic N) is 2. The molecule has 2 fully saturated rings. The number of piperazine rings is 1. The normalized spacial score (nSPS) is 25.3. The van der Waals surface area contributed by atoms with E-state index in [1.54, 1.807) is 24.3 Å². The summed E-state index contributed by atoms with van der Waals surface area (Å²) in [5.41, 5.74) is 0. The Morgan fingerprint density at radius 1 is 1.11 bits per heavy atom. The molecule has 1 aromatic rings. The van der Waals surface area contributed by atoms with Gasteiger partial charge in [-0.3, -0.25) is 9.69 Å². The van der Waals surface area contributed by atoms with Crippen molar-refractivity contribution in [3.63, 3.8) is 0 Å². The van der Waals surface area contributed by atoms with Gasteiger partial charge in [0.25, 0.3) is 0 Å². The topological polar surface area (TPSA) is 69.7 Å². The van der Waals surface area contributed by atoms with Crippen LogP contribution in [0.2, 0.25) is 0 Å². The minimum Gasteiger partial charge on any atom is -0.352 e. The van der Waals surface area contributed by atoms with Crippen LogP contribution in [0.15, 0.2) is 33.6 Å². The zero-order valence-electron chi connectivity index (χ0n) is 15.7. The number of halogens is 1. The van der Waals surface area contributed by atoms with Gasteiger partial charge in [-0.25, -0.2) is 8.42 Å². The molecule has 0 spiro atoms. The Labute approximate surface area is 170 Å². The molecule has 0 bridgehead atoms. The summed E-state index contributed by atoms with van der Waals surface area (Å²) < 4.78 is 27.8. The van der Waals surface area contributed by atoms with Crippen LogP contribution in [0.1, 0.15) is 32.6 Å². The fraction of sp³-hybridized carbons (Fsp3) is 0.632. The van der Waals surface area contributed by atoms with Crippen LogP contribution in [0, 0.1) is 5.92 Å². The molecule has 2 atom stereocenters. The molecule has 8 heteroatoms. The van der Waals surface area contributed by atoms with Crippen LogP contribution in [0.5, 0.6) is 0 Å². The Hall–Kier alpha value is -0.960. The summed E-state index contributed by atoms with van der Waals surface area (Å²) in [6.07, 6.45) is 4.67. The second-order valence-corrected chi connectivity index (χ2v) is 10.4. The third-order valence-electron chi connectivity index (χ3n) is 5.61. The number of hydrogen-bond acceptors (Lipinski definition) is 4. The zero-order chi connectivity index (χ0) is 19.4. The second-order valence-electron chi connectivity index (χ2n) is 7.57. The average molecular weight is 458 g/mol. The fourth-order valence-electron chi connectivity index (χ4n) is 3.87. The Kier molecular flexibility index (Phi) is 6.94. The predicted molar refractivity (Wildman–Crippen MR) is 109 cm³/mol. The molecule has 3 rings (SSSR count). The Bertz CT molecular complexity index is 746. The van der Waals surface area contributed by atoms with Crippen LogP contribution in [-0.4, -0.2) is 62.3 Å². The van der Waals surface area contributed by atoms with Gasteiger partial charge < -0.3 is 5.32 Å². The van der Waals surface area contributed by atoms with Gasteiger partial charge >= 0.3 is 0 Å². The van der Waals surface area contributed by atoms with E-state index in [1.165, 1.54) is 23.6 Å². The average Bonchev–Trinajstić information content (AvgIpc) is 2.64. The van der Waals surface area contributed by atoms with E-state index in [-0.39, 0.29) is 11.9 Å². The minimum atomic E-state index is -3.48. The van der Waals surface area contributed by atoms with Gasteiger partial charge in [0.2, 0.25) is 15.9 Å². The first kappa shape index (κ1) is 20.8. The quantitative estimate of drug-likeness (QED) is 0.736. The molecule has 1 aliphatic carbocycles. The lowest BCUT2D eigenvalue weighted by Gasteiger charge is -2.34. The molecule has 1 amide bonds. The number of hydrogen-bond donors (Lipinski definition) is 1. The molecule has 1 aliphatic heterocycles. The highest BCUT2D eigenvalue weighted by molar-refractivity contribution is 9.10. The maximum absolute atomic E-state index is 12.7. The summed E-state index contributed by atoms with van der Waals surface area (Å²) >= 11 is 3.33. The van der Waals surface area contributed by atoms with Gasteiger partial charge in [0.15, 0.2) is 0 Å². The van der Waals surface area contributed by atoms with Gasteiger partial charge in [0, 0.05) is 36.7 Å². The molecular weight excluding hydrogens is 430 g/mol. The summed E-state index contributed by atoms with van der Waals surface area (Å²) in [5, 5.41) is 3.17. The molecule has 1 saturated carbocycles. The summed E-state index contributed by atoms with van der Waals surface area (Å²) in [6, 6.07) is 6.99. The van der Waals surface area contributed by atoms with E-state index in [1.807, 2.05) is 4.90 Å². The van der Waals surface area contributed by atoms with E-state index >= 15 is 0 Å². The minimum absolute atomic E-state index is 0.0537. The van der Waals surface area contributed by atoms with E-state index in [4.69, 9.17) is 0 Å². The highest BCUT2D eigenvalue weighted by atomic mass is 79.9. The third-order valence-corrected chi connectivity index (χ3v) is 8.05. The van der Waals surface area contributed by atoms with Crippen LogP contribution >= 0.6 is 15.9 Å². The molecule has 1 aromatic carbocycles. The molecule has 0 unspecified atom stereocenters. The maximum Gasteiger partial charge on any atom is 0.243 e. The summed E-state index contributed by atoms with van der Waals surface area (Å²) in [6.45, 7) is 4.51. The Morgan fingerprint density at radius 3 is 2.37 bits per heavy atom. The van der Waals surface area contributed by atoms with Crippen molar-refractivity contribution in [2.45, 2.75) is 43.5 Å². The number of nitrogens with one attached hydrogen (secondary N) is 1. The smallest absolute Gasteiger partial charge is 0.243 e. The highest BCUT2D eigenvalue weighted by Crippen LogP contribution is 2.24. The van der Waals surface area contributed by atoms with Crippen LogP contribution in [0.25, 0.3) is 0 Å². The summed E-state index contributed by atoms with van der Waals surface area (Å²) in [5.74, 6) is 0.591. The molecule has 1 heterocycles. The van der Waals surface area contributed by atoms with Crippen molar-refractivity contribution in [1.29, 1.82) is 0 Å². The molecule has 0 radical (unpaired) electrons. The highest BCUT2D eigenvalue weighted by Gasteiger charge is 2.29. The van der Waals surface area contributed by atoms with Crippen LogP contribution in [0.3, 0.4) is 0 Å². The summed E-state index contributed by atoms with van der Waals surface area (Å²) in [4.78, 5) is 14.7. The maximum atomic E-state index is 12.7. The third kappa shape index (κ3) is 5.31. The van der Waals surface area contributed by atoms with Crippen molar-refractivity contribution in [3.8, 4) is 0 Å². The van der Waals surface area contributed by atoms with E-state index in [0.717, 1.165) is 10.9 Å². The van der Waals surface area contributed by atoms with Crippen molar-refractivity contribution in [3.05, 3.63) is 28.7 Å². The molecule has 2 aliphatic rings. The van der Waals surface area contributed by atoms with E-state index in [9.17, 15) is 13.2 Å². The van der Waals surface area contributed by atoms with Gasteiger partial charge in [-0.15, -0.1) is 0 Å². The molecule has 1 saturated heterocycles. The molecule has 150 valence electrons. The molecular formula is C19H28BrN3O3S. The van der Waals surface area contributed by atoms with Gasteiger partial charge in [-0.05, 0) is 43.0 Å². The number of amides is 1. The lowest BCUT2D eigenvalue weighted by atomic mass is 9.86. The van der Waals surface area contributed by atoms with Crippen molar-refractivity contribution < 1.29 is 13.2 Å². The molecule has 6 nitrogen and oxygen atoms in total. The predicted octanol–water partition coefficient (Wildman–Crippen LogP) is 2.45. The SMILES string of the molecule is C[C@H]1CCCC[C@@H]1NC(=O)CN1CCN(S(=O)(=O)c2ccc(Br)cc2)CC1. The van der Waals surface area contributed by atoms with Gasteiger partial charge in [0.1, 0.15) is 0 Å². The molecule has 1 N–H and O–H groups in total. The zero-order valence-corrected chi connectivity index (χ0v) is 18.1. The van der Waals surface area contributed by atoms with Gasteiger partial charge in [-0.1, -0.05) is 35.7 Å². The van der Waals surface area contributed by atoms with Crippen molar-refractivity contribution >= 4 is 31.9 Å². The number of carbonyl (C=O) groups is 1. The van der Waals surface area contributed by atoms with Crippen LogP contribution in [-0.2, 0) is 14.8 Å². The van der Waals surface area contributed by atoms with E-state index in [2.05, 4.69) is 28.2 Å². The summed E-state index contributed by atoms with van der Waals surface area (Å²) in [7, 11) is -3.48. The van der Waals surface area contributed by atoms with Crippen LogP contribution in [0.4, 0.5) is 0 Å².